The van der Waals surface area contributed by atoms with E-state index in [0.717, 1.165) is 0 Å². The Bertz CT molecular complexity index is 787. The van der Waals surface area contributed by atoms with Crippen molar-refractivity contribution in [1.82, 2.24) is 5.32 Å². The Labute approximate surface area is 224 Å². The predicted octanol–water partition coefficient (Wildman–Crippen LogP) is 0.318. The molecular weight excluding hydrogens is 502 g/mol. The van der Waals surface area contributed by atoms with Crippen LogP contribution in [0.3, 0.4) is 0 Å². The molecule has 0 radical (unpaired) electrons. The average Bonchev–Trinajstić information content (AvgIpc) is 2.89. The molecular formula is C26H47NO11. The van der Waals surface area contributed by atoms with Gasteiger partial charge in [-0.25, -0.2) is 4.79 Å². The van der Waals surface area contributed by atoms with Crippen LogP contribution < -0.4 is 5.32 Å². The minimum atomic E-state index is -1.74. The zero-order valence-corrected chi connectivity index (χ0v) is 23.5. The fourth-order valence-electron chi connectivity index (χ4n) is 5.09. The van der Waals surface area contributed by atoms with E-state index in [4.69, 9.17) is 18.9 Å². The third-order valence-corrected chi connectivity index (χ3v) is 8.57. The second-order valence-electron chi connectivity index (χ2n) is 10.9. The van der Waals surface area contributed by atoms with E-state index in [1.54, 1.807) is 6.92 Å². The monoisotopic (exact) mass is 549 g/mol. The first-order chi connectivity index (χ1) is 17.7. The number of carboxylic acid groups (broad SMARTS) is 1. The molecule has 2 rings (SSSR count). The molecule has 2 aliphatic rings. The van der Waals surface area contributed by atoms with Crippen molar-refractivity contribution in [3.8, 4) is 0 Å². The van der Waals surface area contributed by atoms with Gasteiger partial charge in [-0.15, -0.1) is 0 Å². The van der Waals surface area contributed by atoms with Crippen molar-refractivity contribution in [2.45, 2.75) is 141 Å². The Morgan fingerprint density at radius 2 is 1.47 bits per heavy atom. The van der Waals surface area contributed by atoms with Gasteiger partial charge in [-0.3, -0.25) is 4.79 Å². The minimum Gasteiger partial charge on any atom is -0.479 e. The van der Waals surface area contributed by atoms with Gasteiger partial charge in [0.2, 0.25) is 5.91 Å². The van der Waals surface area contributed by atoms with E-state index in [1.807, 2.05) is 34.6 Å². The normalized spacial score (nSPS) is 36.6. The van der Waals surface area contributed by atoms with Crippen LogP contribution in [0.5, 0.6) is 0 Å². The number of carbonyl (C=O) groups is 2. The lowest BCUT2D eigenvalue weighted by atomic mass is 9.72. The number of hydrogen-bond donors (Lipinski definition) is 6. The van der Waals surface area contributed by atoms with Crippen LogP contribution in [0.15, 0.2) is 0 Å². The number of rotatable bonds is 12. The van der Waals surface area contributed by atoms with Crippen LogP contribution in [0.2, 0.25) is 0 Å². The van der Waals surface area contributed by atoms with Gasteiger partial charge in [0.05, 0.1) is 24.4 Å². The van der Waals surface area contributed by atoms with Gasteiger partial charge in [0.15, 0.2) is 12.4 Å². The lowest BCUT2D eigenvalue weighted by Crippen LogP contribution is -2.70. The summed E-state index contributed by atoms with van der Waals surface area (Å²) in [5.74, 6) is -1.85. The van der Waals surface area contributed by atoms with E-state index < -0.39 is 90.7 Å². The molecule has 0 aromatic heterocycles. The summed E-state index contributed by atoms with van der Waals surface area (Å²) in [7, 11) is 0. The topological polar surface area (TPSA) is 184 Å². The Kier molecular flexibility index (Phi) is 11.5. The number of hydrogen-bond acceptors (Lipinski definition) is 10. The molecule has 2 fully saturated rings. The van der Waals surface area contributed by atoms with Crippen LogP contribution >= 0.6 is 0 Å². The van der Waals surface area contributed by atoms with Crippen LogP contribution in [-0.4, -0.2) is 111 Å². The highest BCUT2D eigenvalue weighted by Crippen LogP contribution is 2.40. The number of aliphatic carboxylic acids is 1. The summed E-state index contributed by atoms with van der Waals surface area (Å²) in [5, 5.41) is 55.6. The van der Waals surface area contributed by atoms with E-state index in [-0.39, 0.29) is 0 Å². The van der Waals surface area contributed by atoms with Crippen molar-refractivity contribution in [3.05, 3.63) is 0 Å². The number of ether oxygens (including phenoxy) is 4. The van der Waals surface area contributed by atoms with Gasteiger partial charge in [0.1, 0.15) is 36.6 Å². The van der Waals surface area contributed by atoms with Crippen molar-refractivity contribution >= 4 is 11.9 Å². The maximum absolute atomic E-state index is 12.2. The molecule has 12 nitrogen and oxygen atoms in total. The van der Waals surface area contributed by atoms with Crippen LogP contribution in [0.4, 0.5) is 0 Å². The Morgan fingerprint density at radius 1 is 0.895 bits per heavy atom. The summed E-state index contributed by atoms with van der Waals surface area (Å²) in [6.45, 7) is 12.1. The fourth-order valence-corrected chi connectivity index (χ4v) is 5.09. The van der Waals surface area contributed by atoms with Crippen LogP contribution in [0, 0.1) is 5.41 Å². The summed E-state index contributed by atoms with van der Waals surface area (Å²) in [4.78, 5) is 24.3. The second kappa shape index (κ2) is 13.3. The maximum Gasteiger partial charge on any atom is 0.335 e. The summed E-state index contributed by atoms with van der Waals surface area (Å²) in [6.07, 6.45) is -10.4. The van der Waals surface area contributed by atoms with E-state index in [0.29, 0.717) is 25.7 Å². The zero-order valence-electron chi connectivity index (χ0n) is 23.5. The van der Waals surface area contributed by atoms with Crippen molar-refractivity contribution < 1.29 is 54.1 Å². The molecule has 2 aliphatic heterocycles. The standard InChI is InChI=1S/C26H47NO11/c1-8-25(6,9-2)22-15(27-13(5)29)19(16(30)14(12-28)35-22)36-24-18(32)17(31)20(21(37-24)23(33)34)38-26(7,10-3)11-4/h14-22,24,28,30-32H,8-12H2,1-7H3,(H,27,29)(H,33,34)/t14?,15?,16?,17?,18?,19?,20?,21?,22-,24?/m0/s1. The number of aliphatic hydroxyl groups is 4. The molecule has 0 saturated carbocycles. The largest absolute Gasteiger partial charge is 0.479 e. The van der Waals surface area contributed by atoms with Gasteiger partial charge in [-0.1, -0.05) is 34.6 Å². The molecule has 6 N–H and O–H groups in total. The van der Waals surface area contributed by atoms with Crippen molar-refractivity contribution in [2.24, 2.45) is 5.41 Å². The molecule has 0 spiro atoms. The smallest absolute Gasteiger partial charge is 0.335 e. The number of nitrogens with one attached hydrogen (secondary N) is 1. The Morgan fingerprint density at radius 3 is 1.92 bits per heavy atom. The third-order valence-electron chi connectivity index (χ3n) is 8.57. The molecule has 2 heterocycles. The molecule has 0 aromatic rings. The lowest BCUT2D eigenvalue weighted by molar-refractivity contribution is -0.340. The molecule has 38 heavy (non-hydrogen) atoms. The number of carbonyl (C=O) groups excluding carboxylic acids is 1. The third kappa shape index (κ3) is 6.84. The molecule has 2 saturated heterocycles. The van der Waals surface area contributed by atoms with Crippen molar-refractivity contribution in [2.75, 3.05) is 6.61 Å². The summed E-state index contributed by atoms with van der Waals surface area (Å²) in [6, 6.07) is -0.941. The summed E-state index contributed by atoms with van der Waals surface area (Å²) in [5.41, 5.74) is -1.27. The van der Waals surface area contributed by atoms with Gasteiger partial charge in [-0.05, 0) is 38.0 Å². The predicted molar refractivity (Wildman–Crippen MR) is 135 cm³/mol. The SMILES string of the molecule is CCC(C)(CC)OC1C(C(=O)O)OC(OC2C(O)C(CO)O[C@H](C(C)(CC)CC)C2NC(C)=O)C(O)C1O. The van der Waals surface area contributed by atoms with Gasteiger partial charge in [-0.2, -0.15) is 0 Å². The highest BCUT2D eigenvalue weighted by Gasteiger charge is 2.56. The fraction of sp³-hybridized carbons (Fsp3) is 0.923. The number of carboxylic acids is 1. The van der Waals surface area contributed by atoms with Crippen LogP contribution in [0.25, 0.3) is 0 Å². The highest BCUT2D eigenvalue weighted by atomic mass is 16.7. The molecule has 222 valence electrons. The zero-order chi connectivity index (χ0) is 29.0. The van der Waals surface area contributed by atoms with E-state index in [1.165, 1.54) is 6.92 Å². The van der Waals surface area contributed by atoms with Crippen LogP contribution in [-0.2, 0) is 28.5 Å². The highest BCUT2D eigenvalue weighted by molar-refractivity contribution is 5.74. The quantitative estimate of drug-likeness (QED) is 0.197. The second-order valence-corrected chi connectivity index (χ2v) is 10.9. The van der Waals surface area contributed by atoms with Gasteiger partial charge in [0, 0.05) is 6.92 Å². The summed E-state index contributed by atoms with van der Waals surface area (Å²) < 4.78 is 23.7. The van der Waals surface area contributed by atoms with Gasteiger partial charge >= 0.3 is 5.97 Å². The number of amides is 1. The number of aliphatic hydroxyl groups excluding tert-OH is 4. The van der Waals surface area contributed by atoms with Gasteiger partial charge < -0.3 is 49.8 Å². The molecule has 0 bridgehead atoms. The molecule has 12 heteroatoms. The Balaban J connectivity index is 2.44. The van der Waals surface area contributed by atoms with E-state index in [9.17, 15) is 35.1 Å². The molecule has 1 amide bonds. The van der Waals surface area contributed by atoms with Crippen molar-refractivity contribution in [1.29, 1.82) is 0 Å². The van der Waals surface area contributed by atoms with Gasteiger partial charge in [0.25, 0.3) is 0 Å². The van der Waals surface area contributed by atoms with E-state index in [2.05, 4.69) is 5.32 Å². The first-order valence-electron chi connectivity index (χ1n) is 13.5. The first-order valence-corrected chi connectivity index (χ1v) is 13.5. The lowest BCUT2D eigenvalue weighted by Gasteiger charge is -2.52. The molecule has 0 aliphatic carbocycles. The minimum absolute atomic E-state index is 0.429. The first kappa shape index (κ1) is 32.8. The average molecular weight is 550 g/mol. The maximum atomic E-state index is 12.2. The van der Waals surface area contributed by atoms with Crippen LogP contribution in [0.1, 0.15) is 74.1 Å². The van der Waals surface area contributed by atoms with Crippen molar-refractivity contribution in [3.63, 3.8) is 0 Å². The molecule has 10 atom stereocenters. The Hall–Kier alpha value is -1.38. The molecule has 9 unspecified atom stereocenters. The van der Waals surface area contributed by atoms with E-state index >= 15 is 0 Å². The summed E-state index contributed by atoms with van der Waals surface area (Å²) >= 11 is 0. The molecule has 0 aromatic carbocycles.